The maximum absolute atomic E-state index is 11.5. The Morgan fingerprint density at radius 1 is 1.07 bits per heavy atom. The first kappa shape index (κ1) is 21.8. The molecule has 0 aliphatic carbocycles. The van der Waals surface area contributed by atoms with E-state index in [-0.39, 0.29) is 0 Å². The van der Waals surface area contributed by atoms with Gasteiger partial charge >= 0.3 is 5.97 Å². The van der Waals surface area contributed by atoms with E-state index in [0.29, 0.717) is 5.75 Å². The fourth-order valence-electron chi connectivity index (χ4n) is 3.82. The van der Waals surface area contributed by atoms with Gasteiger partial charge in [0.2, 0.25) is 0 Å². The highest BCUT2D eigenvalue weighted by molar-refractivity contribution is 5.87. The number of rotatable bonds is 9. The van der Waals surface area contributed by atoms with Crippen LogP contribution in [0.25, 0.3) is 10.9 Å². The highest BCUT2D eigenvalue weighted by Crippen LogP contribution is 2.32. The van der Waals surface area contributed by atoms with Gasteiger partial charge in [-0.2, -0.15) is 0 Å². The zero-order chi connectivity index (χ0) is 21.9. The number of methoxy groups -OCH3 is 1. The maximum atomic E-state index is 11.5. The number of aryl methyl sites for hydroxylation is 3. The first-order chi connectivity index (χ1) is 14.3. The van der Waals surface area contributed by atoms with Crippen molar-refractivity contribution in [2.45, 2.75) is 59.1 Å². The van der Waals surface area contributed by atoms with Gasteiger partial charge in [-0.05, 0) is 81.5 Å². The molecule has 5 nitrogen and oxygen atoms in total. The summed E-state index contributed by atoms with van der Waals surface area (Å²) in [5, 5.41) is 10.5. The number of aromatic nitrogens is 1. The molecule has 1 heterocycles. The Bertz CT molecular complexity index is 1030. The van der Waals surface area contributed by atoms with Crippen LogP contribution in [0.1, 0.15) is 44.0 Å². The Labute approximate surface area is 178 Å². The minimum atomic E-state index is -1.28. The van der Waals surface area contributed by atoms with E-state index in [1.165, 1.54) is 22.3 Å². The molecule has 30 heavy (non-hydrogen) atoms. The number of fused-ring (bicyclic) bond motifs is 1. The van der Waals surface area contributed by atoms with E-state index < -0.39 is 11.6 Å². The zero-order valence-electron chi connectivity index (χ0n) is 18.5. The van der Waals surface area contributed by atoms with Gasteiger partial charge in [0.1, 0.15) is 11.5 Å². The lowest BCUT2D eigenvalue weighted by atomic mass is 10.0. The van der Waals surface area contributed by atoms with Gasteiger partial charge in [-0.15, -0.1) is 0 Å². The molecule has 0 saturated heterocycles. The fourth-order valence-corrected chi connectivity index (χ4v) is 3.82. The summed E-state index contributed by atoms with van der Waals surface area (Å²) in [5.74, 6) is 0.452. The van der Waals surface area contributed by atoms with Crippen LogP contribution in [0.5, 0.6) is 11.5 Å². The van der Waals surface area contributed by atoms with Gasteiger partial charge in [0.15, 0.2) is 5.60 Å². The number of ether oxygens (including phenoxy) is 2. The summed E-state index contributed by atoms with van der Waals surface area (Å²) in [5.41, 5.74) is 3.69. The Kier molecular flexibility index (Phi) is 6.40. The lowest BCUT2D eigenvalue weighted by molar-refractivity contribution is -0.152. The standard InChI is InChI=1S/C25H31NO4/c1-6-15-26-17(2)21(13-9-18-7-10-19(29-5)11-8-18)22-16-20(12-14-23(22)26)30-25(3,4)24(27)28/h7-8,10-12,14,16H,6,9,13,15H2,1-5H3,(H,27,28). The van der Waals surface area contributed by atoms with Crippen molar-refractivity contribution in [2.24, 2.45) is 0 Å². The van der Waals surface area contributed by atoms with Crippen molar-refractivity contribution in [1.29, 1.82) is 0 Å². The van der Waals surface area contributed by atoms with Crippen LogP contribution in [0.2, 0.25) is 0 Å². The van der Waals surface area contributed by atoms with Crippen molar-refractivity contribution in [2.75, 3.05) is 7.11 Å². The smallest absolute Gasteiger partial charge is 0.347 e. The van der Waals surface area contributed by atoms with E-state index in [9.17, 15) is 9.90 Å². The van der Waals surface area contributed by atoms with Crippen LogP contribution < -0.4 is 9.47 Å². The van der Waals surface area contributed by atoms with Gasteiger partial charge < -0.3 is 19.1 Å². The van der Waals surface area contributed by atoms with Crippen LogP contribution >= 0.6 is 0 Å². The molecule has 2 aromatic carbocycles. The summed E-state index contributed by atoms with van der Waals surface area (Å²) in [6.45, 7) is 8.43. The summed E-state index contributed by atoms with van der Waals surface area (Å²) in [6, 6.07) is 14.1. The quantitative estimate of drug-likeness (QED) is 0.514. The van der Waals surface area contributed by atoms with Crippen LogP contribution in [0, 0.1) is 6.92 Å². The average Bonchev–Trinajstić information content (AvgIpc) is 2.97. The third-order valence-corrected chi connectivity index (χ3v) is 5.58. The van der Waals surface area contributed by atoms with Gasteiger partial charge in [-0.1, -0.05) is 19.1 Å². The second kappa shape index (κ2) is 8.82. The largest absolute Gasteiger partial charge is 0.497 e. The molecular formula is C25H31NO4. The molecule has 0 bridgehead atoms. The van der Waals surface area contributed by atoms with Crippen LogP contribution in [-0.2, 0) is 24.2 Å². The summed E-state index contributed by atoms with van der Waals surface area (Å²) in [6.07, 6.45) is 2.87. The predicted octanol–water partition coefficient (Wildman–Crippen LogP) is 5.40. The molecule has 3 rings (SSSR count). The van der Waals surface area contributed by atoms with E-state index in [0.717, 1.165) is 36.9 Å². The molecule has 0 spiro atoms. The van der Waals surface area contributed by atoms with Gasteiger partial charge in [0.05, 0.1) is 7.11 Å². The molecule has 0 aliphatic heterocycles. The van der Waals surface area contributed by atoms with E-state index in [1.54, 1.807) is 21.0 Å². The molecular weight excluding hydrogens is 378 g/mol. The number of carbonyl (C=O) groups is 1. The lowest BCUT2D eigenvalue weighted by Gasteiger charge is -2.21. The minimum absolute atomic E-state index is 0.578. The molecule has 0 unspecified atom stereocenters. The van der Waals surface area contributed by atoms with Crippen molar-refractivity contribution in [3.63, 3.8) is 0 Å². The Hall–Kier alpha value is -2.95. The molecule has 3 aromatic rings. The molecule has 1 aromatic heterocycles. The van der Waals surface area contributed by atoms with Gasteiger partial charge in [-0.3, -0.25) is 0 Å². The average molecular weight is 410 g/mol. The Morgan fingerprint density at radius 2 is 1.73 bits per heavy atom. The minimum Gasteiger partial charge on any atom is -0.497 e. The number of carboxylic acid groups (broad SMARTS) is 1. The normalized spacial score (nSPS) is 11.6. The third-order valence-electron chi connectivity index (χ3n) is 5.58. The lowest BCUT2D eigenvalue weighted by Crippen LogP contribution is -2.37. The second-order valence-electron chi connectivity index (χ2n) is 8.16. The van der Waals surface area contributed by atoms with E-state index in [4.69, 9.17) is 9.47 Å². The van der Waals surface area contributed by atoms with Crippen molar-refractivity contribution in [1.82, 2.24) is 4.57 Å². The summed E-state index contributed by atoms with van der Waals surface area (Å²) >= 11 is 0. The van der Waals surface area contributed by atoms with Crippen molar-refractivity contribution >= 4 is 16.9 Å². The Balaban J connectivity index is 1.96. The summed E-state index contributed by atoms with van der Waals surface area (Å²) < 4.78 is 13.4. The molecule has 0 radical (unpaired) electrons. The van der Waals surface area contributed by atoms with Crippen molar-refractivity contribution < 1.29 is 19.4 Å². The first-order valence-electron chi connectivity index (χ1n) is 10.4. The number of hydrogen-bond acceptors (Lipinski definition) is 3. The number of carboxylic acids is 1. The number of benzene rings is 2. The van der Waals surface area contributed by atoms with E-state index >= 15 is 0 Å². The topological polar surface area (TPSA) is 60.7 Å². The first-order valence-corrected chi connectivity index (χ1v) is 10.4. The Morgan fingerprint density at radius 3 is 2.33 bits per heavy atom. The van der Waals surface area contributed by atoms with Gasteiger partial charge in [0.25, 0.3) is 0 Å². The van der Waals surface area contributed by atoms with Crippen molar-refractivity contribution in [3.05, 3.63) is 59.3 Å². The fraction of sp³-hybridized carbons (Fsp3) is 0.400. The van der Waals surface area contributed by atoms with Crippen LogP contribution in [0.15, 0.2) is 42.5 Å². The predicted molar refractivity (Wildman–Crippen MR) is 120 cm³/mol. The highest BCUT2D eigenvalue weighted by Gasteiger charge is 2.29. The van der Waals surface area contributed by atoms with Gasteiger partial charge in [0, 0.05) is 23.1 Å². The number of hydrogen-bond donors (Lipinski definition) is 1. The molecule has 1 N–H and O–H groups in total. The van der Waals surface area contributed by atoms with Crippen LogP contribution in [0.4, 0.5) is 0 Å². The summed E-state index contributed by atoms with van der Waals surface area (Å²) in [7, 11) is 1.67. The van der Waals surface area contributed by atoms with Gasteiger partial charge in [-0.25, -0.2) is 4.79 Å². The zero-order valence-corrected chi connectivity index (χ0v) is 18.5. The van der Waals surface area contributed by atoms with Crippen LogP contribution in [0.3, 0.4) is 0 Å². The SMILES string of the molecule is CCCn1c(C)c(CCc2ccc(OC)cc2)c2cc(OC(C)(C)C(=O)O)ccc21. The third kappa shape index (κ3) is 4.45. The monoisotopic (exact) mass is 409 g/mol. The van der Waals surface area contributed by atoms with E-state index in [1.807, 2.05) is 30.3 Å². The molecule has 0 fully saturated rings. The molecule has 160 valence electrons. The maximum Gasteiger partial charge on any atom is 0.347 e. The summed E-state index contributed by atoms with van der Waals surface area (Å²) in [4.78, 5) is 11.5. The van der Waals surface area contributed by atoms with Crippen LogP contribution in [-0.4, -0.2) is 28.4 Å². The molecule has 5 heteroatoms. The molecule has 0 atom stereocenters. The number of nitrogens with zero attached hydrogens (tertiary/aromatic N) is 1. The second-order valence-corrected chi connectivity index (χ2v) is 8.16. The molecule has 0 amide bonds. The molecule has 0 saturated carbocycles. The number of aliphatic carboxylic acids is 1. The highest BCUT2D eigenvalue weighted by atomic mass is 16.5. The van der Waals surface area contributed by atoms with E-state index in [2.05, 4.69) is 30.5 Å². The molecule has 0 aliphatic rings. The van der Waals surface area contributed by atoms with Crippen molar-refractivity contribution in [3.8, 4) is 11.5 Å².